The van der Waals surface area contributed by atoms with Crippen LogP contribution in [0.1, 0.15) is 17.4 Å². The van der Waals surface area contributed by atoms with Gasteiger partial charge in [0.1, 0.15) is 0 Å². The van der Waals surface area contributed by atoms with Crippen LogP contribution >= 0.6 is 0 Å². The number of carboxylic acid groups (broad SMARTS) is 1. The average Bonchev–Trinajstić information content (AvgIpc) is 2.81. The number of methoxy groups -OCH3 is 1. The molecule has 0 unspecified atom stereocenters. The topological polar surface area (TPSA) is 93.8 Å². The minimum Gasteiger partial charge on any atom is -0.504 e. The van der Waals surface area contributed by atoms with Gasteiger partial charge in [-0.05, 0) is 25.1 Å². The number of carbonyl (C=O) groups is 1. The van der Waals surface area contributed by atoms with Crippen LogP contribution in [0.25, 0.3) is 11.3 Å². The molecular formula is C14H16N2O5. The molecule has 1 heterocycles. The Hall–Kier alpha value is -2.70. The van der Waals surface area contributed by atoms with Crippen LogP contribution in [0.3, 0.4) is 0 Å². The number of phenolic OH excluding ortho intramolecular Hbond substituents is 1. The molecule has 2 rings (SSSR count). The Morgan fingerprint density at radius 2 is 2.10 bits per heavy atom. The van der Waals surface area contributed by atoms with Crippen molar-refractivity contribution in [1.29, 1.82) is 0 Å². The van der Waals surface area contributed by atoms with E-state index in [4.69, 9.17) is 14.6 Å². The zero-order valence-electron chi connectivity index (χ0n) is 12.0. The number of nitrogens with zero attached hydrogens (tertiary/aromatic N) is 2. The van der Waals surface area contributed by atoms with Crippen molar-refractivity contribution in [3.8, 4) is 28.5 Å². The number of hydrogen-bond donors (Lipinski definition) is 2. The molecule has 0 aliphatic carbocycles. The van der Waals surface area contributed by atoms with Crippen molar-refractivity contribution < 1.29 is 24.5 Å². The lowest BCUT2D eigenvalue weighted by Gasteiger charge is -2.13. The molecule has 0 spiro atoms. The second-order valence-electron chi connectivity index (χ2n) is 4.30. The number of aromatic hydroxyl groups is 1. The van der Waals surface area contributed by atoms with Gasteiger partial charge in [-0.1, -0.05) is 0 Å². The van der Waals surface area contributed by atoms with Crippen LogP contribution < -0.4 is 9.47 Å². The first-order chi connectivity index (χ1) is 9.97. The molecule has 0 atom stereocenters. The fraction of sp³-hybridized carbons (Fsp3) is 0.286. The van der Waals surface area contributed by atoms with Gasteiger partial charge in [-0.2, -0.15) is 5.10 Å². The first kappa shape index (κ1) is 14.7. The van der Waals surface area contributed by atoms with Crippen molar-refractivity contribution in [1.82, 2.24) is 9.78 Å². The van der Waals surface area contributed by atoms with E-state index in [2.05, 4.69) is 5.10 Å². The molecule has 0 amide bonds. The van der Waals surface area contributed by atoms with Crippen molar-refractivity contribution >= 4 is 5.97 Å². The number of aromatic nitrogens is 2. The highest BCUT2D eigenvalue weighted by Gasteiger charge is 2.17. The number of ether oxygens (including phenoxy) is 2. The molecule has 0 fully saturated rings. The van der Waals surface area contributed by atoms with Gasteiger partial charge in [0.15, 0.2) is 17.2 Å². The molecule has 112 valence electrons. The van der Waals surface area contributed by atoms with E-state index in [1.165, 1.54) is 23.9 Å². The van der Waals surface area contributed by atoms with E-state index in [1.54, 1.807) is 13.1 Å². The molecule has 1 aromatic heterocycles. The Kier molecular flexibility index (Phi) is 4.02. The van der Waals surface area contributed by atoms with Crippen LogP contribution in [0, 0.1) is 0 Å². The van der Waals surface area contributed by atoms with E-state index in [9.17, 15) is 9.90 Å². The normalized spacial score (nSPS) is 10.4. The summed E-state index contributed by atoms with van der Waals surface area (Å²) in [4.78, 5) is 11.0. The van der Waals surface area contributed by atoms with Crippen molar-refractivity contribution in [2.45, 2.75) is 6.92 Å². The van der Waals surface area contributed by atoms with Crippen LogP contribution in [0.2, 0.25) is 0 Å². The van der Waals surface area contributed by atoms with Crippen molar-refractivity contribution in [3.63, 3.8) is 0 Å². The first-order valence-corrected chi connectivity index (χ1v) is 6.29. The van der Waals surface area contributed by atoms with Crippen molar-refractivity contribution in [2.24, 2.45) is 7.05 Å². The maximum absolute atomic E-state index is 11.0. The first-order valence-electron chi connectivity index (χ1n) is 6.29. The number of aromatic carboxylic acids is 1. The standard InChI is InChI=1S/C14H16N2O5/c1-4-21-12-6-8(5-11(17)13(12)20-3)10-7-9(14(18)19)15-16(10)2/h5-7,17H,4H2,1-3H3,(H,18,19). The number of rotatable bonds is 5. The molecule has 0 saturated carbocycles. The van der Waals surface area contributed by atoms with E-state index >= 15 is 0 Å². The number of carboxylic acids is 1. The molecule has 0 aliphatic rings. The van der Waals surface area contributed by atoms with Gasteiger partial charge in [0, 0.05) is 12.6 Å². The number of hydrogen-bond acceptors (Lipinski definition) is 5. The molecule has 0 bridgehead atoms. The molecule has 2 aromatic rings. The molecule has 0 aliphatic heterocycles. The predicted octanol–water partition coefficient (Wildman–Crippen LogP) is 1.90. The highest BCUT2D eigenvalue weighted by atomic mass is 16.5. The van der Waals surface area contributed by atoms with Gasteiger partial charge in [-0.25, -0.2) is 4.79 Å². The number of benzene rings is 1. The predicted molar refractivity (Wildman–Crippen MR) is 75.0 cm³/mol. The van der Waals surface area contributed by atoms with E-state index in [0.717, 1.165) is 0 Å². The van der Waals surface area contributed by atoms with Crippen LogP contribution in [0.4, 0.5) is 0 Å². The average molecular weight is 292 g/mol. The Morgan fingerprint density at radius 3 is 2.62 bits per heavy atom. The third-order valence-electron chi connectivity index (χ3n) is 2.93. The van der Waals surface area contributed by atoms with E-state index in [1.807, 2.05) is 6.92 Å². The quantitative estimate of drug-likeness (QED) is 0.874. The maximum atomic E-state index is 11.0. The Bertz CT molecular complexity index is 678. The van der Waals surface area contributed by atoms with Gasteiger partial charge in [-0.3, -0.25) is 4.68 Å². The maximum Gasteiger partial charge on any atom is 0.356 e. The lowest BCUT2D eigenvalue weighted by molar-refractivity contribution is 0.0689. The minimum absolute atomic E-state index is 0.0687. The molecular weight excluding hydrogens is 276 g/mol. The van der Waals surface area contributed by atoms with Gasteiger partial charge in [0.25, 0.3) is 0 Å². The van der Waals surface area contributed by atoms with Gasteiger partial charge in [0.2, 0.25) is 5.75 Å². The summed E-state index contributed by atoms with van der Waals surface area (Å²) in [5.41, 5.74) is 1.06. The van der Waals surface area contributed by atoms with E-state index in [0.29, 0.717) is 23.6 Å². The summed E-state index contributed by atoms with van der Waals surface area (Å²) in [6.07, 6.45) is 0. The summed E-state index contributed by atoms with van der Waals surface area (Å²) in [6, 6.07) is 4.58. The molecule has 1 aromatic carbocycles. The van der Waals surface area contributed by atoms with Crippen LogP contribution in [0.15, 0.2) is 18.2 Å². The zero-order valence-corrected chi connectivity index (χ0v) is 12.0. The second-order valence-corrected chi connectivity index (χ2v) is 4.30. The molecule has 21 heavy (non-hydrogen) atoms. The van der Waals surface area contributed by atoms with Gasteiger partial charge < -0.3 is 19.7 Å². The van der Waals surface area contributed by atoms with Gasteiger partial charge >= 0.3 is 5.97 Å². The molecule has 0 radical (unpaired) electrons. The smallest absolute Gasteiger partial charge is 0.356 e. The summed E-state index contributed by atoms with van der Waals surface area (Å²) in [5, 5.41) is 22.9. The largest absolute Gasteiger partial charge is 0.504 e. The molecule has 0 saturated heterocycles. The van der Waals surface area contributed by atoms with Gasteiger partial charge in [-0.15, -0.1) is 0 Å². The van der Waals surface area contributed by atoms with E-state index < -0.39 is 5.97 Å². The molecule has 7 heteroatoms. The Balaban J connectivity index is 2.56. The summed E-state index contributed by atoms with van der Waals surface area (Å²) >= 11 is 0. The van der Waals surface area contributed by atoms with Crippen molar-refractivity contribution in [2.75, 3.05) is 13.7 Å². The highest BCUT2D eigenvalue weighted by Crippen LogP contribution is 2.40. The summed E-state index contributed by atoms with van der Waals surface area (Å²) in [5.74, 6) is -0.578. The highest BCUT2D eigenvalue weighted by molar-refractivity contribution is 5.87. The third-order valence-corrected chi connectivity index (χ3v) is 2.93. The zero-order chi connectivity index (χ0) is 15.6. The van der Waals surface area contributed by atoms with Crippen LogP contribution in [0.5, 0.6) is 17.2 Å². The lowest BCUT2D eigenvalue weighted by atomic mass is 10.1. The van der Waals surface area contributed by atoms with E-state index in [-0.39, 0.29) is 17.2 Å². The Morgan fingerprint density at radius 1 is 1.38 bits per heavy atom. The lowest BCUT2D eigenvalue weighted by Crippen LogP contribution is -2.00. The Labute approximate surface area is 121 Å². The van der Waals surface area contributed by atoms with Crippen LogP contribution in [-0.2, 0) is 7.05 Å². The minimum atomic E-state index is -1.11. The number of aryl methyl sites for hydroxylation is 1. The van der Waals surface area contributed by atoms with Gasteiger partial charge in [0.05, 0.1) is 19.4 Å². The summed E-state index contributed by atoms with van der Waals surface area (Å²) in [6.45, 7) is 2.22. The summed E-state index contributed by atoms with van der Waals surface area (Å²) in [7, 11) is 3.06. The monoisotopic (exact) mass is 292 g/mol. The SMILES string of the molecule is CCOc1cc(-c2cc(C(=O)O)nn2C)cc(O)c1OC. The fourth-order valence-electron chi connectivity index (χ4n) is 2.05. The second kappa shape index (κ2) is 5.74. The molecule has 7 nitrogen and oxygen atoms in total. The van der Waals surface area contributed by atoms with Crippen molar-refractivity contribution in [3.05, 3.63) is 23.9 Å². The molecule has 2 N–H and O–H groups in total. The number of phenols is 1. The third kappa shape index (κ3) is 2.76. The fourth-order valence-corrected chi connectivity index (χ4v) is 2.05. The summed E-state index contributed by atoms with van der Waals surface area (Å²) < 4.78 is 12.0. The van der Waals surface area contributed by atoms with Crippen LogP contribution in [-0.4, -0.2) is 39.7 Å².